The number of carbonyl (C=O) groups is 2. The van der Waals surface area contributed by atoms with Crippen molar-refractivity contribution < 1.29 is 28.8 Å². The van der Waals surface area contributed by atoms with E-state index in [9.17, 15) is 9.59 Å². The van der Waals surface area contributed by atoms with Gasteiger partial charge in [-0.05, 0) is 31.3 Å². The van der Waals surface area contributed by atoms with Crippen LogP contribution >= 0.6 is 0 Å². The summed E-state index contributed by atoms with van der Waals surface area (Å²) in [6, 6.07) is -0.109. The van der Waals surface area contributed by atoms with Crippen molar-refractivity contribution in [1.29, 1.82) is 0 Å². The first-order chi connectivity index (χ1) is 13.1. The standard InChI is InChI=1S/C17H26N4O6/c1-11-17(20-27-19-11)26-8-5-18-16(24)12-2-3-14-13(10-12)21(6-9-25-14)15(23)4-7-22/h12-14,22H,2-10H2,1H3,(H,18,24)/t12-,13+,14+/m0/s1. The predicted molar refractivity (Wildman–Crippen MR) is 91.8 cm³/mol. The molecule has 1 aromatic rings. The van der Waals surface area contributed by atoms with Gasteiger partial charge < -0.3 is 24.8 Å². The Morgan fingerprint density at radius 1 is 1.37 bits per heavy atom. The van der Waals surface area contributed by atoms with Crippen molar-refractivity contribution in [3.63, 3.8) is 0 Å². The van der Waals surface area contributed by atoms with E-state index in [0.717, 1.165) is 12.8 Å². The molecule has 2 fully saturated rings. The molecular weight excluding hydrogens is 356 g/mol. The molecule has 2 aliphatic rings. The second kappa shape index (κ2) is 9.14. The second-order valence-electron chi connectivity index (χ2n) is 6.84. The Hall–Kier alpha value is -2.20. The van der Waals surface area contributed by atoms with Crippen LogP contribution in [0.5, 0.6) is 5.88 Å². The number of amides is 2. The molecule has 3 rings (SSSR count). The first-order valence-electron chi connectivity index (χ1n) is 9.31. The monoisotopic (exact) mass is 382 g/mol. The first kappa shape index (κ1) is 19.6. The maximum Gasteiger partial charge on any atom is 0.278 e. The summed E-state index contributed by atoms with van der Waals surface area (Å²) in [5.74, 6) is 0.0176. The number of hydrogen-bond donors (Lipinski definition) is 2. The molecule has 1 saturated heterocycles. The average Bonchev–Trinajstić information content (AvgIpc) is 3.09. The van der Waals surface area contributed by atoms with Crippen molar-refractivity contribution in [3.05, 3.63) is 5.69 Å². The third-order valence-corrected chi connectivity index (χ3v) is 5.09. The number of rotatable bonds is 7. The highest BCUT2D eigenvalue weighted by molar-refractivity contribution is 5.79. The summed E-state index contributed by atoms with van der Waals surface area (Å²) in [7, 11) is 0. The Bertz CT molecular complexity index is 651. The fourth-order valence-corrected chi connectivity index (χ4v) is 3.72. The smallest absolute Gasteiger partial charge is 0.278 e. The fraction of sp³-hybridized carbons (Fsp3) is 0.765. The number of aliphatic hydroxyl groups is 1. The molecule has 10 heteroatoms. The molecule has 1 saturated carbocycles. The SMILES string of the molecule is Cc1nonc1OCCNC(=O)[C@H]1CC[C@H]2OCCN(C(=O)CCO)[C@@H]2C1. The van der Waals surface area contributed by atoms with Crippen molar-refractivity contribution in [1.82, 2.24) is 20.5 Å². The van der Waals surface area contributed by atoms with Gasteiger partial charge in [-0.25, -0.2) is 4.63 Å². The molecule has 10 nitrogen and oxygen atoms in total. The Morgan fingerprint density at radius 2 is 2.22 bits per heavy atom. The van der Waals surface area contributed by atoms with E-state index in [1.165, 1.54) is 0 Å². The number of hydrogen-bond acceptors (Lipinski definition) is 8. The van der Waals surface area contributed by atoms with Crippen LogP contribution in [0.1, 0.15) is 31.4 Å². The van der Waals surface area contributed by atoms with E-state index in [1.807, 2.05) is 0 Å². The fourth-order valence-electron chi connectivity index (χ4n) is 3.72. The van der Waals surface area contributed by atoms with Gasteiger partial charge in [0.1, 0.15) is 12.3 Å². The molecule has 0 spiro atoms. The zero-order chi connectivity index (χ0) is 19.2. The van der Waals surface area contributed by atoms with Gasteiger partial charge in [0.05, 0.1) is 31.9 Å². The quantitative estimate of drug-likeness (QED) is 0.613. The van der Waals surface area contributed by atoms with E-state index in [1.54, 1.807) is 11.8 Å². The third-order valence-electron chi connectivity index (χ3n) is 5.09. The molecule has 150 valence electrons. The van der Waals surface area contributed by atoms with Crippen LogP contribution in [0, 0.1) is 12.8 Å². The van der Waals surface area contributed by atoms with Gasteiger partial charge in [-0.3, -0.25) is 9.59 Å². The van der Waals surface area contributed by atoms with Gasteiger partial charge in [0.15, 0.2) is 0 Å². The highest BCUT2D eigenvalue weighted by atomic mass is 16.6. The van der Waals surface area contributed by atoms with Crippen molar-refractivity contribution in [3.8, 4) is 5.88 Å². The van der Waals surface area contributed by atoms with Crippen LogP contribution in [0.25, 0.3) is 0 Å². The van der Waals surface area contributed by atoms with Crippen molar-refractivity contribution >= 4 is 11.8 Å². The Kier molecular flexibility index (Phi) is 6.62. The molecule has 0 aromatic carbocycles. The van der Waals surface area contributed by atoms with Crippen LogP contribution in [0.4, 0.5) is 0 Å². The van der Waals surface area contributed by atoms with Crippen LogP contribution in [0.2, 0.25) is 0 Å². The molecule has 2 N–H and O–H groups in total. The Labute approximate surface area is 157 Å². The summed E-state index contributed by atoms with van der Waals surface area (Å²) in [6.45, 7) is 3.18. The number of aromatic nitrogens is 2. The van der Waals surface area contributed by atoms with E-state index < -0.39 is 0 Å². The second-order valence-corrected chi connectivity index (χ2v) is 6.84. The van der Waals surface area contributed by atoms with E-state index in [0.29, 0.717) is 37.7 Å². The Morgan fingerprint density at radius 3 is 2.96 bits per heavy atom. The first-order valence-corrected chi connectivity index (χ1v) is 9.31. The molecule has 3 atom stereocenters. The lowest BCUT2D eigenvalue weighted by atomic mass is 9.81. The van der Waals surface area contributed by atoms with Crippen molar-refractivity contribution in [2.75, 3.05) is 32.9 Å². The van der Waals surface area contributed by atoms with Gasteiger partial charge in [-0.1, -0.05) is 5.16 Å². The topological polar surface area (TPSA) is 127 Å². The van der Waals surface area contributed by atoms with E-state index in [4.69, 9.17) is 14.6 Å². The van der Waals surface area contributed by atoms with Crippen LogP contribution < -0.4 is 10.1 Å². The number of carbonyl (C=O) groups excluding carboxylic acids is 2. The molecule has 1 aliphatic heterocycles. The molecule has 1 aromatic heterocycles. The molecule has 27 heavy (non-hydrogen) atoms. The Balaban J connectivity index is 1.47. The van der Waals surface area contributed by atoms with Gasteiger partial charge in [0, 0.05) is 18.9 Å². The highest BCUT2D eigenvalue weighted by Gasteiger charge is 2.41. The van der Waals surface area contributed by atoms with E-state index >= 15 is 0 Å². The van der Waals surface area contributed by atoms with Gasteiger partial charge in [0.25, 0.3) is 5.88 Å². The molecule has 2 amide bonds. The lowest BCUT2D eigenvalue weighted by Crippen LogP contribution is -2.57. The van der Waals surface area contributed by atoms with Crippen LogP contribution in [0.15, 0.2) is 4.63 Å². The zero-order valence-electron chi connectivity index (χ0n) is 15.4. The lowest BCUT2D eigenvalue weighted by molar-refractivity contribution is -0.154. The minimum atomic E-state index is -0.173. The number of aliphatic hydroxyl groups excluding tert-OH is 1. The maximum absolute atomic E-state index is 12.5. The molecule has 0 radical (unpaired) electrons. The van der Waals surface area contributed by atoms with E-state index in [2.05, 4.69) is 20.3 Å². The zero-order valence-corrected chi connectivity index (χ0v) is 15.4. The highest BCUT2D eigenvalue weighted by Crippen LogP contribution is 2.32. The minimum absolute atomic E-state index is 0.0311. The van der Waals surface area contributed by atoms with Crippen LogP contribution in [0.3, 0.4) is 0 Å². The molecule has 1 aliphatic carbocycles. The maximum atomic E-state index is 12.5. The summed E-state index contributed by atoms with van der Waals surface area (Å²) >= 11 is 0. The summed E-state index contributed by atoms with van der Waals surface area (Å²) in [5, 5.41) is 19.1. The number of ether oxygens (including phenoxy) is 2. The summed E-state index contributed by atoms with van der Waals surface area (Å²) in [5.41, 5.74) is 0.560. The van der Waals surface area contributed by atoms with Gasteiger partial charge >= 0.3 is 0 Å². The number of aryl methyl sites for hydroxylation is 1. The van der Waals surface area contributed by atoms with Crippen LogP contribution in [-0.2, 0) is 14.3 Å². The number of morpholine rings is 1. The number of nitrogens with zero attached hydrogens (tertiary/aromatic N) is 3. The number of fused-ring (bicyclic) bond motifs is 1. The third kappa shape index (κ3) is 4.75. The molecule has 0 bridgehead atoms. The molecular formula is C17H26N4O6. The summed E-state index contributed by atoms with van der Waals surface area (Å²) in [6.07, 6.45) is 2.11. The lowest BCUT2D eigenvalue weighted by Gasteiger charge is -2.45. The van der Waals surface area contributed by atoms with Crippen LogP contribution in [-0.4, -0.2) is 77.2 Å². The van der Waals surface area contributed by atoms with Gasteiger partial charge in [0.2, 0.25) is 11.8 Å². The van der Waals surface area contributed by atoms with Gasteiger partial charge in [-0.15, -0.1) is 0 Å². The minimum Gasteiger partial charge on any atom is -0.472 e. The van der Waals surface area contributed by atoms with Gasteiger partial charge in [-0.2, -0.15) is 0 Å². The molecule has 2 heterocycles. The van der Waals surface area contributed by atoms with E-state index in [-0.39, 0.29) is 49.5 Å². The summed E-state index contributed by atoms with van der Waals surface area (Å²) in [4.78, 5) is 26.5. The average molecular weight is 382 g/mol. The number of nitrogens with one attached hydrogen (secondary N) is 1. The van der Waals surface area contributed by atoms with Crippen molar-refractivity contribution in [2.24, 2.45) is 5.92 Å². The summed E-state index contributed by atoms with van der Waals surface area (Å²) < 4.78 is 15.7. The molecule has 0 unspecified atom stereocenters. The normalized spacial score (nSPS) is 25.0. The largest absolute Gasteiger partial charge is 0.472 e. The predicted octanol–water partition coefficient (Wildman–Crippen LogP) is -0.348. The van der Waals surface area contributed by atoms with Crippen molar-refractivity contribution in [2.45, 2.75) is 44.8 Å².